The average molecular weight is 387 g/mol. The number of aryl methyl sites for hydroxylation is 1. The zero-order valence-corrected chi connectivity index (χ0v) is 15.8. The van der Waals surface area contributed by atoms with Crippen molar-refractivity contribution in [1.82, 2.24) is 9.62 Å². The quantitative estimate of drug-likeness (QED) is 0.795. The fourth-order valence-corrected chi connectivity index (χ4v) is 4.72. The molecule has 0 fully saturated rings. The summed E-state index contributed by atoms with van der Waals surface area (Å²) in [7, 11) is -3.60. The number of halogens is 1. The molecule has 8 heteroatoms. The molecular formula is C16H19ClN2O3S2. The highest BCUT2D eigenvalue weighted by atomic mass is 35.5. The second-order valence-electron chi connectivity index (χ2n) is 5.32. The molecule has 0 saturated heterocycles. The molecule has 0 radical (unpaired) electrons. The lowest BCUT2D eigenvalue weighted by Crippen LogP contribution is -2.37. The van der Waals surface area contributed by atoms with Crippen molar-refractivity contribution in [3.05, 3.63) is 51.9 Å². The molecule has 0 bridgehead atoms. The number of nitrogens with zero attached hydrogens (tertiary/aromatic N) is 1. The van der Waals surface area contributed by atoms with E-state index in [4.69, 9.17) is 11.6 Å². The molecule has 130 valence electrons. The lowest BCUT2D eigenvalue weighted by molar-refractivity contribution is -0.129. The molecule has 0 aliphatic heterocycles. The summed E-state index contributed by atoms with van der Waals surface area (Å²) in [6, 6.07) is 10.8. The van der Waals surface area contributed by atoms with Gasteiger partial charge in [-0.15, -0.1) is 11.3 Å². The van der Waals surface area contributed by atoms with E-state index in [-0.39, 0.29) is 16.7 Å². The summed E-state index contributed by atoms with van der Waals surface area (Å²) in [5.41, 5.74) is 2.14. The summed E-state index contributed by atoms with van der Waals surface area (Å²) < 4.78 is 27.4. The van der Waals surface area contributed by atoms with Crippen LogP contribution in [-0.2, 0) is 21.4 Å². The molecule has 0 aliphatic carbocycles. The molecule has 1 aromatic carbocycles. The summed E-state index contributed by atoms with van der Waals surface area (Å²) in [5.74, 6) is -0.100. The van der Waals surface area contributed by atoms with Gasteiger partial charge in [-0.05, 0) is 30.2 Å². The number of thiophene rings is 1. The molecular weight excluding hydrogens is 368 g/mol. The smallest absolute Gasteiger partial charge is 0.250 e. The third-order valence-corrected chi connectivity index (χ3v) is 6.74. The van der Waals surface area contributed by atoms with Crippen LogP contribution >= 0.6 is 22.9 Å². The number of hydrogen-bond donors (Lipinski definition) is 1. The minimum absolute atomic E-state index is 0.100. The van der Waals surface area contributed by atoms with Crippen LogP contribution in [0.5, 0.6) is 0 Å². The maximum atomic E-state index is 12.1. The van der Waals surface area contributed by atoms with E-state index in [1.165, 1.54) is 13.0 Å². The normalized spacial score (nSPS) is 11.5. The minimum atomic E-state index is -3.60. The fraction of sp³-hybridized carbons (Fsp3) is 0.312. The summed E-state index contributed by atoms with van der Waals surface area (Å²) in [4.78, 5) is 13.4. The molecule has 0 spiro atoms. The molecule has 5 nitrogen and oxygen atoms in total. The van der Waals surface area contributed by atoms with Crippen LogP contribution in [0.3, 0.4) is 0 Å². The van der Waals surface area contributed by atoms with E-state index in [0.29, 0.717) is 17.4 Å². The predicted molar refractivity (Wildman–Crippen MR) is 96.8 cm³/mol. The Morgan fingerprint density at radius 1 is 1.25 bits per heavy atom. The first-order chi connectivity index (χ1) is 11.3. The molecule has 24 heavy (non-hydrogen) atoms. The number of benzene rings is 1. The highest BCUT2D eigenvalue weighted by Crippen LogP contribution is 2.25. The number of rotatable bonds is 7. The summed E-state index contributed by atoms with van der Waals surface area (Å²) in [5, 5.41) is 0. The number of nitrogens with one attached hydrogen (secondary N) is 1. The van der Waals surface area contributed by atoms with E-state index in [0.717, 1.165) is 22.5 Å². The van der Waals surface area contributed by atoms with Crippen LogP contribution < -0.4 is 4.72 Å². The molecule has 2 aromatic rings. The Balaban J connectivity index is 1.97. The molecule has 1 amide bonds. The second-order valence-corrected chi connectivity index (χ2v) is 9.03. The van der Waals surface area contributed by atoms with Crippen molar-refractivity contribution in [2.75, 3.05) is 13.1 Å². The number of hydrogen-bond acceptors (Lipinski definition) is 4. The number of carbonyl (C=O) groups excluding carboxylic acids is 1. The molecule has 1 N–H and O–H groups in total. The predicted octanol–water partition coefficient (Wildman–Crippen LogP) is 3.04. The van der Waals surface area contributed by atoms with Gasteiger partial charge in [-0.2, -0.15) is 0 Å². The first-order valence-electron chi connectivity index (χ1n) is 7.34. The van der Waals surface area contributed by atoms with E-state index < -0.39 is 10.0 Å². The van der Waals surface area contributed by atoms with E-state index in [9.17, 15) is 13.2 Å². The van der Waals surface area contributed by atoms with Crippen LogP contribution in [-0.4, -0.2) is 32.3 Å². The van der Waals surface area contributed by atoms with Crippen molar-refractivity contribution < 1.29 is 13.2 Å². The van der Waals surface area contributed by atoms with E-state index >= 15 is 0 Å². The van der Waals surface area contributed by atoms with Crippen molar-refractivity contribution >= 4 is 38.9 Å². The molecule has 1 aromatic heterocycles. The van der Waals surface area contributed by atoms with Gasteiger partial charge in [0, 0.05) is 26.6 Å². The van der Waals surface area contributed by atoms with Crippen LogP contribution in [0, 0.1) is 6.92 Å². The highest BCUT2D eigenvalue weighted by Gasteiger charge is 2.17. The molecule has 0 saturated carbocycles. The van der Waals surface area contributed by atoms with Gasteiger partial charge in [0.05, 0.1) is 4.34 Å². The van der Waals surface area contributed by atoms with Crippen LogP contribution in [0.1, 0.15) is 18.1 Å². The van der Waals surface area contributed by atoms with Crippen molar-refractivity contribution in [3.8, 4) is 0 Å². The summed E-state index contributed by atoms with van der Waals surface area (Å²) in [6.07, 6.45) is 0. The third-order valence-electron chi connectivity index (χ3n) is 3.55. The Bertz CT molecular complexity index is 818. The first kappa shape index (κ1) is 18.9. The van der Waals surface area contributed by atoms with Crippen LogP contribution in [0.4, 0.5) is 0 Å². The van der Waals surface area contributed by atoms with Gasteiger partial charge in [-0.25, -0.2) is 13.1 Å². The maximum absolute atomic E-state index is 12.1. The van der Waals surface area contributed by atoms with Gasteiger partial charge in [0.1, 0.15) is 4.21 Å². The fourth-order valence-electron chi connectivity index (χ4n) is 2.17. The van der Waals surface area contributed by atoms with Crippen molar-refractivity contribution in [3.63, 3.8) is 0 Å². The van der Waals surface area contributed by atoms with Gasteiger partial charge >= 0.3 is 0 Å². The van der Waals surface area contributed by atoms with Crippen LogP contribution in [0.2, 0.25) is 4.34 Å². The van der Waals surface area contributed by atoms with E-state index in [1.54, 1.807) is 11.0 Å². The zero-order chi connectivity index (χ0) is 17.7. The average Bonchev–Trinajstić information content (AvgIpc) is 2.95. The van der Waals surface area contributed by atoms with Gasteiger partial charge in [-0.3, -0.25) is 4.79 Å². The third kappa shape index (κ3) is 5.04. The number of sulfonamides is 1. The first-order valence-corrected chi connectivity index (χ1v) is 10.0. The van der Waals surface area contributed by atoms with Gasteiger partial charge in [0.2, 0.25) is 15.9 Å². The molecule has 2 rings (SSSR count). The van der Waals surface area contributed by atoms with Gasteiger partial charge < -0.3 is 4.90 Å². The van der Waals surface area contributed by atoms with Gasteiger partial charge in [0.15, 0.2) is 0 Å². The largest absolute Gasteiger partial charge is 0.337 e. The molecule has 0 aliphatic rings. The standard InChI is InChI=1S/C16H19ClN2O3S2/c1-12-5-3-4-6-14(12)11-19(13(2)20)10-9-18-24(21,22)16-8-7-15(17)23-16/h3-8,18H,9-11H2,1-2H3. The van der Waals surface area contributed by atoms with Crippen molar-refractivity contribution in [1.29, 1.82) is 0 Å². The summed E-state index contributed by atoms with van der Waals surface area (Å²) in [6.45, 7) is 4.35. The Morgan fingerprint density at radius 2 is 1.96 bits per heavy atom. The van der Waals surface area contributed by atoms with E-state index in [1.807, 2.05) is 31.2 Å². The molecule has 0 unspecified atom stereocenters. The maximum Gasteiger partial charge on any atom is 0.250 e. The highest BCUT2D eigenvalue weighted by molar-refractivity contribution is 7.91. The molecule has 1 heterocycles. The lowest BCUT2D eigenvalue weighted by Gasteiger charge is -2.22. The van der Waals surface area contributed by atoms with Crippen molar-refractivity contribution in [2.45, 2.75) is 24.6 Å². The van der Waals surface area contributed by atoms with Crippen LogP contribution in [0.15, 0.2) is 40.6 Å². The second kappa shape index (κ2) is 8.11. The zero-order valence-electron chi connectivity index (χ0n) is 13.5. The Hall–Kier alpha value is -1.41. The topological polar surface area (TPSA) is 66.5 Å². The Labute approximate surface area is 151 Å². The Kier molecular flexibility index (Phi) is 6.40. The SMILES string of the molecule is CC(=O)N(CCNS(=O)(=O)c1ccc(Cl)s1)Cc1ccccc1C. The molecule has 0 atom stereocenters. The Morgan fingerprint density at radius 3 is 2.54 bits per heavy atom. The van der Waals surface area contributed by atoms with Gasteiger partial charge in [0.25, 0.3) is 0 Å². The monoisotopic (exact) mass is 386 g/mol. The van der Waals surface area contributed by atoms with Gasteiger partial charge in [-0.1, -0.05) is 35.9 Å². The number of carbonyl (C=O) groups is 1. The van der Waals surface area contributed by atoms with E-state index in [2.05, 4.69) is 4.72 Å². The lowest BCUT2D eigenvalue weighted by atomic mass is 10.1. The summed E-state index contributed by atoms with van der Waals surface area (Å²) >= 11 is 6.77. The minimum Gasteiger partial charge on any atom is -0.337 e. The van der Waals surface area contributed by atoms with Crippen LogP contribution in [0.25, 0.3) is 0 Å². The number of amides is 1. The van der Waals surface area contributed by atoms with Crippen molar-refractivity contribution in [2.24, 2.45) is 0 Å².